The largest absolute Gasteiger partial charge is 0.443 e. The first-order valence-electron chi connectivity index (χ1n) is 7.54. The first kappa shape index (κ1) is 17.8. The zero-order valence-corrected chi connectivity index (χ0v) is 13.7. The molecule has 0 radical (unpaired) electrons. The van der Waals surface area contributed by atoms with Crippen molar-refractivity contribution in [2.75, 3.05) is 18.0 Å². The molecule has 0 fully saturated rings. The summed E-state index contributed by atoms with van der Waals surface area (Å²) in [6.45, 7) is 4.69. The molecule has 1 unspecified atom stereocenters. The number of benzene rings is 1. The average molecular weight is 338 g/mol. The fraction of sp³-hybridized carbons (Fsp3) is 0.500. The molecule has 0 aromatic heterocycles. The van der Waals surface area contributed by atoms with Crippen molar-refractivity contribution >= 4 is 17.6 Å². The third kappa shape index (κ3) is 4.06. The minimum atomic E-state index is -0.766. The number of carbonyl (C=O) groups is 2. The number of Topliss-reactive ketones (excluding diaryl/α,β-unsaturated/α-hetero) is 1. The van der Waals surface area contributed by atoms with Crippen LogP contribution in [0.15, 0.2) is 18.2 Å². The van der Waals surface area contributed by atoms with Crippen molar-refractivity contribution in [1.29, 1.82) is 0 Å². The molecule has 7 nitrogen and oxygen atoms in total. The van der Waals surface area contributed by atoms with E-state index in [2.05, 4.69) is 0 Å². The number of anilines is 1. The van der Waals surface area contributed by atoms with E-state index in [0.29, 0.717) is 0 Å². The van der Waals surface area contributed by atoms with Crippen LogP contribution in [-0.2, 0) is 4.74 Å². The second kappa shape index (κ2) is 6.54. The smallest absolute Gasteiger partial charge is 0.414 e. The molecule has 1 aliphatic heterocycles. The zero-order chi connectivity index (χ0) is 18.1. The number of amides is 1. The van der Waals surface area contributed by atoms with Crippen LogP contribution in [-0.4, -0.2) is 35.5 Å². The van der Waals surface area contributed by atoms with Crippen LogP contribution >= 0.6 is 0 Å². The number of nitro groups is 1. The molecule has 1 aromatic rings. The number of ketones is 1. The summed E-state index contributed by atoms with van der Waals surface area (Å²) in [5.74, 6) is -1.77. The number of nitrogens with zero attached hydrogens (tertiary/aromatic N) is 2. The van der Waals surface area contributed by atoms with Gasteiger partial charge in [-0.3, -0.25) is 19.8 Å². The van der Waals surface area contributed by atoms with Gasteiger partial charge in [0.25, 0.3) is 0 Å². The van der Waals surface area contributed by atoms with Gasteiger partial charge < -0.3 is 4.74 Å². The van der Waals surface area contributed by atoms with Crippen molar-refractivity contribution < 1.29 is 23.6 Å². The Bertz CT molecular complexity index is 684. The highest BCUT2D eigenvalue weighted by molar-refractivity contribution is 6.08. The van der Waals surface area contributed by atoms with Crippen LogP contribution in [0.3, 0.4) is 0 Å². The van der Waals surface area contributed by atoms with E-state index in [0.717, 1.165) is 12.1 Å². The first-order chi connectivity index (χ1) is 11.1. The monoisotopic (exact) mass is 338 g/mol. The van der Waals surface area contributed by atoms with Crippen molar-refractivity contribution in [2.45, 2.75) is 32.8 Å². The van der Waals surface area contributed by atoms with Crippen LogP contribution in [0.1, 0.15) is 37.6 Å². The van der Waals surface area contributed by atoms with Crippen LogP contribution in [0.25, 0.3) is 0 Å². The van der Waals surface area contributed by atoms with E-state index in [9.17, 15) is 24.1 Å². The van der Waals surface area contributed by atoms with Gasteiger partial charge in [-0.1, -0.05) is 0 Å². The Morgan fingerprint density at radius 2 is 2.12 bits per heavy atom. The van der Waals surface area contributed by atoms with E-state index >= 15 is 0 Å². The molecule has 0 saturated heterocycles. The Balaban J connectivity index is 2.36. The third-order valence-corrected chi connectivity index (χ3v) is 3.56. The molecule has 0 saturated carbocycles. The molecule has 8 heteroatoms. The fourth-order valence-electron chi connectivity index (χ4n) is 2.54. The fourth-order valence-corrected chi connectivity index (χ4v) is 2.54. The SMILES string of the molecule is CC(C)(C)OC(=O)N1CC(CC[N+](=O)[O-])C(=O)c2cc(F)ccc21. The Labute approximate surface area is 138 Å². The predicted octanol–water partition coefficient (Wildman–Crippen LogP) is 3.05. The maximum Gasteiger partial charge on any atom is 0.414 e. The Hall–Kier alpha value is -2.51. The Kier molecular flexibility index (Phi) is 4.86. The summed E-state index contributed by atoms with van der Waals surface area (Å²) in [7, 11) is 0. The number of hydrogen-bond donors (Lipinski definition) is 0. The van der Waals surface area contributed by atoms with E-state index in [-0.39, 0.29) is 24.2 Å². The second-order valence-electron chi connectivity index (χ2n) is 6.66. The quantitative estimate of drug-likeness (QED) is 0.624. The minimum Gasteiger partial charge on any atom is -0.443 e. The number of ether oxygens (including phenoxy) is 1. The molecule has 1 aromatic carbocycles. The number of carbonyl (C=O) groups excluding carboxylic acids is 2. The summed E-state index contributed by atoms with van der Waals surface area (Å²) in [6, 6.07) is 3.55. The van der Waals surface area contributed by atoms with E-state index in [1.54, 1.807) is 20.8 Å². The van der Waals surface area contributed by atoms with Crippen molar-refractivity contribution in [3.05, 3.63) is 39.7 Å². The van der Waals surface area contributed by atoms with E-state index in [1.165, 1.54) is 11.0 Å². The lowest BCUT2D eigenvalue weighted by Crippen LogP contribution is -2.45. The van der Waals surface area contributed by atoms with Gasteiger partial charge in [0.2, 0.25) is 6.54 Å². The predicted molar refractivity (Wildman–Crippen MR) is 84.3 cm³/mol. The van der Waals surface area contributed by atoms with Crippen molar-refractivity contribution in [1.82, 2.24) is 0 Å². The number of fused-ring (bicyclic) bond motifs is 1. The van der Waals surface area contributed by atoms with Crippen LogP contribution in [0.5, 0.6) is 0 Å². The second-order valence-corrected chi connectivity index (χ2v) is 6.66. The molecule has 0 N–H and O–H groups in total. The van der Waals surface area contributed by atoms with Gasteiger partial charge in [-0.2, -0.15) is 0 Å². The Morgan fingerprint density at radius 3 is 2.71 bits per heavy atom. The number of hydrogen-bond acceptors (Lipinski definition) is 5. The van der Waals surface area contributed by atoms with Crippen molar-refractivity contribution in [2.24, 2.45) is 5.92 Å². The molecule has 1 aliphatic rings. The average Bonchev–Trinajstić information content (AvgIpc) is 2.45. The van der Waals surface area contributed by atoms with Crippen LogP contribution in [0.4, 0.5) is 14.9 Å². The van der Waals surface area contributed by atoms with Gasteiger partial charge in [0.05, 0.1) is 5.69 Å². The molecule has 0 spiro atoms. The van der Waals surface area contributed by atoms with Gasteiger partial charge >= 0.3 is 6.09 Å². The van der Waals surface area contributed by atoms with Crippen LogP contribution < -0.4 is 4.90 Å². The lowest BCUT2D eigenvalue weighted by molar-refractivity contribution is -0.481. The van der Waals surface area contributed by atoms with E-state index < -0.39 is 40.7 Å². The normalized spacial score (nSPS) is 17.4. The summed E-state index contributed by atoms with van der Waals surface area (Å²) >= 11 is 0. The minimum absolute atomic E-state index is 0.0267. The van der Waals surface area contributed by atoms with Crippen molar-refractivity contribution in [3.63, 3.8) is 0 Å². The summed E-state index contributed by atoms with van der Waals surface area (Å²) in [6.07, 6.45) is -0.699. The van der Waals surface area contributed by atoms with Crippen LogP contribution in [0, 0.1) is 21.8 Å². The molecule has 2 rings (SSSR count). The maximum atomic E-state index is 13.5. The highest BCUT2D eigenvalue weighted by Crippen LogP contribution is 2.32. The van der Waals surface area contributed by atoms with Gasteiger partial charge in [0.15, 0.2) is 5.78 Å². The summed E-state index contributed by atoms with van der Waals surface area (Å²) in [5.41, 5.74) is -0.442. The molecule has 1 amide bonds. The molecular formula is C16H19FN2O5. The first-order valence-corrected chi connectivity index (χ1v) is 7.54. The summed E-state index contributed by atoms with van der Waals surface area (Å²) in [5, 5.41) is 10.6. The lowest BCUT2D eigenvalue weighted by Gasteiger charge is -2.34. The summed E-state index contributed by atoms with van der Waals surface area (Å²) in [4.78, 5) is 36.2. The highest BCUT2D eigenvalue weighted by Gasteiger charge is 2.37. The molecule has 1 atom stereocenters. The zero-order valence-electron chi connectivity index (χ0n) is 13.7. The molecule has 1 heterocycles. The topological polar surface area (TPSA) is 89.8 Å². The molecular weight excluding hydrogens is 319 g/mol. The highest BCUT2D eigenvalue weighted by atomic mass is 19.1. The van der Waals surface area contributed by atoms with Crippen molar-refractivity contribution in [3.8, 4) is 0 Å². The van der Waals surface area contributed by atoms with Gasteiger partial charge in [0, 0.05) is 29.4 Å². The van der Waals surface area contributed by atoms with Crippen LogP contribution in [0.2, 0.25) is 0 Å². The van der Waals surface area contributed by atoms with E-state index in [1.807, 2.05) is 0 Å². The van der Waals surface area contributed by atoms with Gasteiger partial charge in [-0.15, -0.1) is 0 Å². The molecule has 0 aliphatic carbocycles. The summed E-state index contributed by atoms with van der Waals surface area (Å²) < 4.78 is 18.8. The van der Waals surface area contributed by atoms with Gasteiger partial charge in [0.1, 0.15) is 11.4 Å². The number of halogens is 1. The van der Waals surface area contributed by atoms with Gasteiger partial charge in [-0.25, -0.2) is 9.18 Å². The van der Waals surface area contributed by atoms with E-state index in [4.69, 9.17) is 4.74 Å². The lowest BCUT2D eigenvalue weighted by atomic mass is 9.89. The number of rotatable bonds is 3. The molecule has 130 valence electrons. The van der Waals surface area contributed by atoms with Gasteiger partial charge in [-0.05, 0) is 39.0 Å². The third-order valence-electron chi connectivity index (χ3n) is 3.56. The molecule has 0 bridgehead atoms. The standard InChI is InChI=1S/C16H19FN2O5/c1-16(2,3)24-15(21)18-9-10(6-7-19(22)23)14(20)12-8-11(17)4-5-13(12)18/h4-5,8,10H,6-7,9H2,1-3H3. The maximum absolute atomic E-state index is 13.5. The Morgan fingerprint density at radius 1 is 1.46 bits per heavy atom. The molecule has 24 heavy (non-hydrogen) atoms.